The fourth-order valence-electron chi connectivity index (χ4n) is 4.73. The molecule has 150 valence electrons. The first-order chi connectivity index (χ1) is 14.6. The number of aryl methyl sites for hydroxylation is 1. The largest absolute Gasteiger partial charge is 0.343 e. The van der Waals surface area contributed by atoms with E-state index >= 15 is 0 Å². The van der Waals surface area contributed by atoms with Crippen molar-refractivity contribution in [3.63, 3.8) is 0 Å². The lowest BCUT2D eigenvalue weighted by Gasteiger charge is -2.26. The highest BCUT2D eigenvalue weighted by Crippen LogP contribution is 2.44. The first kappa shape index (κ1) is 19.1. The highest BCUT2D eigenvalue weighted by Gasteiger charge is 2.36. The molecule has 1 aromatic heterocycles. The minimum Gasteiger partial charge on any atom is -0.343 e. The fraction of sp³-hybridized carbons (Fsp3) is 0.192. The molecule has 3 aromatic carbocycles. The number of aromatic nitrogens is 1. The summed E-state index contributed by atoms with van der Waals surface area (Å²) in [5.74, 6) is 0.235. The number of hydrogen-bond acceptors (Lipinski definition) is 1. The van der Waals surface area contributed by atoms with E-state index in [2.05, 4.69) is 93.1 Å². The minimum atomic E-state index is 0.0717. The number of nitrogens with zero attached hydrogens (tertiary/aromatic N) is 2. The lowest BCUT2D eigenvalue weighted by Crippen LogP contribution is -2.27. The number of carbonyl (C=O) groups is 1. The van der Waals surface area contributed by atoms with E-state index in [-0.39, 0.29) is 11.9 Å². The molecule has 3 nitrogen and oxygen atoms in total. The van der Waals surface area contributed by atoms with Gasteiger partial charge in [0.2, 0.25) is 5.91 Å². The quantitative estimate of drug-likeness (QED) is 0.343. The number of carbonyl (C=O) groups excluding carboxylic acids is 1. The van der Waals surface area contributed by atoms with E-state index in [0.29, 0.717) is 13.0 Å². The fourth-order valence-corrected chi connectivity index (χ4v) is 4.99. The van der Waals surface area contributed by atoms with Crippen LogP contribution in [0.4, 0.5) is 0 Å². The zero-order chi connectivity index (χ0) is 20.7. The lowest BCUT2D eigenvalue weighted by molar-refractivity contribution is -0.129. The number of para-hydroxylation sites is 1. The Bertz CT molecular complexity index is 1210. The molecule has 0 N–H and O–H groups in total. The maximum Gasteiger partial charge on any atom is 0.223 e. The molecular formula is C26H23BrN2O. The highest BCUT2D eigenvalue weighted by atomic mass is 79.9. The predicted octanol–water partition coefficient (Wildman–Crippen LogP) is 6.47. The Morgan fingerprint density at radius 3 is 2.40 bits per heavy atom. The van der Waals surface area contributed by atoms with Crippen molar-refractivity contribution in [3.05, 3.63) is 94.5 Å². The van der Waals surface area contributed by atoms with Crippen molar-refractivity contribution >= 4 is 32.7 Å². The van der Waals surface area contributed by atoms with Gasteiger partial charge in [-0.25, -0.2) is 0 Å². The molecule has 1 aliphatic rings. The molecule has 0 bridgehead atoms. The summed E-state index contributed by atoms with van der Waals surface area (Å²) in [6.07, 6.45) is 1.45. The summed E-state index contributed by atoms with van der Waals surface area (Å²) < 4.78 is 3.34. The molecule has 1 aliphatic heterocycles. The van der Waals surface area contributed by atoms with Crippen LogP contribution in [0.3, 0.4) is 0 Å². The van der Waals surface area contributed by atoms with Crippen LogP contribution >= 0.6 is 15.9 Å². The Labute approximate surface area is 185 Å². The van der Waals surface area contributed by atoms with Gasteiger partial charge in [-0.2, -0.15) is 0 Å². The van der Waals surface area contributed by atoms with Gasteiger partial charge in [-0.05, 0) is 35.7 Å². The van der Waals surface area contributed by atoms with Gasteiger partial charge in [-0.1, -0.05) is 76.6 Å². The SMILES string of the molecule is Cn1c(-c2ccc(Br)cc2)c([C@@H]2CCC(=O)N2Cc2ccccc2)c2ccccc21. The van der Waals surface area contributed by atoms with Crippen molar-refractivity contribution in [2.75, 3.05) is 0 Å². The van der Waals surface area contributed by atoms with Gasteiger partial charge >= 0.3 is 0 Å². The number of likely N-dealkylation sites (tertiary alicyclic amines) is 1. The Hall–Kier alpha value is -2.85. The minimum absolute atomic E-state index is 0.0717. The van der Waals surface area contributed by atoms with Gasteiger partial charge in [0.1, 0.15) is 0 Å². The number of benzene rings is 3. The molecule has 2 heterocycles. The summed E-state index contributed by atoms with van der Waals surface area (Å²) in [5.41, 5.74) is 6.00. The number of amides is 1. The van der Waals surface area contributed by atoms with Crippen LogP contribution < -0.4 is 0 Å². The first-order valence-electron chi connectivity index (χ1n) is 10.3. The van der Waals surface area contributed by atoms with Crippen LogP contribution in [0, 0.1) is 0 Å². The number of hydrogen-bond donors (Lipinski definition) is 0. The molecule has 1 saturated heterocycles. The maximum absolute atomic E-state index is 12.9. The number of rotatable bonds is 4. The Kier molecular flexibility index (Phi) is 4.95. The predicted molar refractivity (Wildman–Crippen MR) is 125 cm³/mol. The molecule has 0 saturated carbocycles. The zero-order valence-electron chi connectivity index (χ0n) is 16.9. The smallest absolute Gasteiger partial charge is 0.223 e. The van der Waals surface area contributed by atoms with Crippen LogP contribution in [-0.2, 0) is 18.4 Å². The zero-order valence-corrected chi connectivity index (χ0v) is 18.5. The topological polar surface area (TPSA) is 25.2 Å². The van der Waals surface area contributed by atoms with Crippen molar-refractivity contribution in [3.8, 4) is 11.3 Å². The van der Waals surface area contributed by atoms with E-state index in [1.165, 1.54) is 33.3 Å². The summed E-state index contributed by atoms with van der Waals surface area (Å²) >= 11 is 3.55. The van der Waals surface area contributed by atoms with E-state index < -0.39 is 0 Å². The normalized spacial score (nSPS) is 16.5. The van der Waals surface area contributed by atoms with Crippen molar-refractivity contribution in [2.45, 2.75) is 25.4 Å². The summed E-state index contributed by atoms with van der Waals surface area (Å²) in [4.78, 5) is 15.0. The van der Waals surface area contributed by atoms with Gasteiger partial charge in [-0.3, -0.25) is 4.79 Å². The second-order valence-corrected chi connectivity index (χ2v) is 8.82. The summed E-state index contributed by atoms with van der Waals surface area (Å²) in [7, 11) is 2.13. The van der Waals surface area contributed by atoms with E-state index in [4.69, 9.17) is 0 Å². The van der Waals surface area contributed by atoms with Gasteiger partial charge in [0.05, 0.1) is 11.7 Å². The van der Waals surface area contributed by atoms with Crippen molar-refractivity contribution in [2.24, 2.45) is 7.05 Å². The Morgan fingerprint density at radius 2 is 1.63 bits per heavy atom. The standard InChI is InChI=1S/C26H23BrN2O/c1-28-22-10-6-5-9-21(22)25(26(28)19-11-13-20(27)14-12-19)23-15-16-24(30)29(23)17-18-7-3-2-4-8-18/h2-14,23H,15-17H2,1H3/t23-/m0/s1. The van der Waals surface area contributed by atoms with E-state index in [1.807, 2.05) is 18.2 Å². The van der Waals surface area contributed by atoms with E-state index in [9.17, 15) is 4.79 Å². The van der Waals surface area contributed by atoms with Crippen LogP contribution in [0.15, 0.2) is 83.3 Å². The van der Waals surface area contributed by atoms with Crippen molar-refractivity contribution in [1.29, 1.82) is 0 Å². The monoisotopic (exact) mass is 458 g/mol. The molecule has 1 fully saturated rings. The van der Waals surface area contributed by atoms with Crippen molar-refractivity contribution in [1.82, 2.24) is 9.47 Å². The third kappa shape index (κ3) is 3.25. The maximum atomic E-state index is 12.9. The van der Waals surface area contributed by atoms with Crippen LogP contribution in [-0.4, -0.2) is 15.4 Å². The number of halogens is 1. The molecule has 4 aromatic rings. The molecule has 0 aliphatic carbocycles. The van der Waals surface area contributed by atoms with Crippen LogP contribution in [0.2, 0.25) is 0 Å². The Balaban J connectivity index is 1.68. The number of fused-ring (bicyclic) bond motifs is 1. The Morgan fingerprint density at radius 1 is 0.933 bits per heavy atom. The van der Waals surface area contributed by atoms with Crippen LogP contribution in [0.25, 0.3) is 22.2 Å². The molecule has 0 unspecified atom stereocenters. The van der Waals surface area contributed by atoms with E-state index in [0.717, 1.165) is 10.9 Å². The van der Waals surface area contributed by atoms with Crippen molar-refractivity contribution < 1.29 is 4.79 Å². The first-order valence-corrected chi connectivity index (χ1v) is 11.1. The second kappa shape index (κ2) is 7.77. The van der Waals surface area contributed by atoms with Gasteiger partial charge in [0, 0.05) is 41.0 Å². The third-order valence-corrected chi connectivity index (χ3v) is 6.65. The van der Waals surface area contributed by atoms with Crippen LogP contribution in [0.5, 0.6) is 0 Å². The second-order valence-electron chi connectivity index (χ2n) is 7.91. The molecule has 5 rings (SSSR count). The van der Waals surface area contributed by atoms with E-state index in [1.54, 1.807) is 0 Å². The third-order valence-electron chi connectivity index (χ3n) is 6.12. The lowest BCUT2D eigenvalue weighted by atomic mass is 9.96. The summed E-state index contributed by atoms with van der Waals surface area (Å²) in [6.45, 7) is 0.646. The molecule has 0 radical (unpaired) electrons. The van der Waals surface area contributed by atoms with Gasteiger partial charge in [-0.15, -0.1) is 0 Å². The molecular weight excluding hydrogens is 436 g/mol. The average molecular weight is 459 g/mol. The summed E-state index contributed by atoms with van der Waals surface area (Å²) in [5, 5.41) is 1.23. The molecule has 0 spiro atoms. The molecule has 4 heteroatoms. The molecule has 30 heavy (non-hydrogen) atoms. The molecule has 1 amide bonds. The summed E-state index contributed by atoms with van der Waals surface area (Å²) in [6, 6.07) is 27.4. The highest BCUT2D eigenvalue weighted by molar-refractivity contribution is 9.10. The van der Waals surface area contributed by atoms with Crippen LogP contribution in [0.1, 0.15) is 30.0 Å². The van der Waals surface area contributed by atoms with Gasteiger partial charge < -0.3 is 9.47 Å². The molecule has 1 atom stereocenters. The van der Waals surface area contributed by atoms with Gasteiger partial charge in [0.25, 0.3) is 0 Å². The van der Waals surface area contributed by atoms with Gasteiger partial charge in [0.15, 0.2) is 0 Å². The average Bonchev–Trinajstić information content (AvgIpc) is 3.27.